The van der Waals surface area contributed by atoms with Gasteiger partial charge in [-0.05, 0) is 50.2 Å². The number of rotatable bonds is 5. The number of thiazole rings is 1. The van der Waals surface area contributed by atoms with Gasteiger partial charge >= 0.3 is 6.03 Å². The lowest BCUT2D eigenvalue weighted by molar-refractivity contribution is 0.0741. The minimum Gasteiger partial charge on any atom is -0.368 e. The number of hydrogen-bond donors (Lipinski definition) is 2. The molecule has 3 amide bonds. The van der Waals surface area contributed by atoms with Crippen LogP contribution >= 0.6 is 11.3 Å². The molecule has 0 atom stereocenters. The van der Waals surface area contributed by atoms with Crippen LogP contribution in [0.1, 0.15) is 33.3 Å². The number of nitrogens with zero attached hydrogens (tertiary/aromatic N) is 3. The summed E-state index contributed by atoms with van der Waals surface area (Å²) in [5.74, 6) is -0.105. The fraction of sp³-hybridized carbons (Fsp3) is 0.250. The zero-order chi connectivity index (χ0) is 23.4. The number of hydrogen-bond acceptors (Lipinski definition) is 6. The van der Waals surface area contributed by atoms with Crippen LogP contribution in [0.5, 0.6) is 0 Å². The van der Waals surface area contributed by atoms with Gasteiger partial charge in [0.2, 0.25) is 0 Å². The highest BCUT2D eigenvalue weighted by Gasteiger charge is 2.24. The monoisotopic (exact) mass is 463 g/mol. The molecule has 0 aliphatic carbocycles. The van der Waals surface area contributed by atoms with Crippen LogP contribution in [0.25, 0.3) is 0 Å². The van der Waals surface area contributed by atoms with Gasteiger partial charge in [0, 0.05) is 48.5 Å². The normalized spacial score (nSPS) is 13.5. The van der Waals surface area contributed by atoms with E-state index in [0.29, 0.717) is 48.3 Å². The molecule has 1 fully saturated rings. The number of urea groups is 1. The zero-order valence-corrected chi connectivity index (χ0v) is 19.3. The summed E-state index contributed by atoms with van der Waals surface area (Å²) in [6.07, 6.45) is 0. The van der Waals surface area contributed by atoms with Gasteiger partial charge in [-0.1, -0.05) is 17.7 Å². The third-order valence-electron chi connectivity index (χ3n) is 5.46. The lowest BCUT2D eigenvalue weighted by atomic mass is 10.1. The number of carbonyl (C=O) groups is 3. The lowest BCUT2D eigenvalue weighted by Crippen LogP contribution is -2.48. The van der Waals surface area contributed by atoms with Gasteiger partial charge in [-0.15, -0.1) is 11.3 Å². The maximum Gasteiger partial charge on any atom is 0.325 e. The summed E-state index contributed by atoms with van der Waals surface area (Å²) < 4.78 is 0. The van der Waals surface area contributed by atoms with Crippen LogP contribution in [-0.4, -0.2) is 53.8 Å². The van der Waals surface area contributed by atoms with E-state index >= 15 is 0 Å². The molecule has 8 nitrogen and oxygen atoms in total. The lowest BCUT2D eigenvalue weighted by Gasteiger charge is -2.35. The Morgan fingerprint density at radius 3 is 2.21 bits per heavy atom. The van der Waals surface area contributed by atoms with E-state index in [0.717, 1.165) is 11.3 Å². The largest absolute Gasteiger partial charge is 0.368 e. The summed E-state index contributed by atoms with van der Waals surface area (Å²) in [4.78, 5) is 44.8. The van der Waals surface area contributed by atoms with Gasteiger partial charge in [0.1, 0.15) is 5.69 Å². The Kier molecular flexibility index (Phi) is 6.69. The minimum atomic E-state index is -0.406. The number of ketones is 1. The van der Waals surface area contributed by atoms with Crippen molar-refractivity contribution in [1.29, 1.82) is 0 Å². The summed E-state index contributed by atoms with van der Waals surface area (Å²) in [5.41, 5.74) is 3.83. The highest BCUT2D eigenvalue weighted by atomic mass is 32.1. The van der Waals surface area contributed by atoms with Crippen molar-refractivity contribution in [2.45, 2.75) is 13.8 Å². The zero-order valence-electron chi connectivity index (χ0n) is 18.5. The van der Waals surface area contributed by atoms with E-state index in [1.54, 1.807) is 17.2 Å². The third-order valence-corrected chi connectivity index (χ3v) is 6.22. The molecule has 3 aromatic rings. The van der Waals surface area contributed by atoms with Gasteiger partial charge in [-0.2, -0.15) is 0 Å². The molecule has 33 heavy (non-hydrogen) atoms. The Labute approximate surface area is 196 Å². The first-order valence-electron chi connectivity index (χ1n) is 10.6. The van der Waals surface area contributed by atoms with Crippen molar-refractivity contribution in [3.8, 4) is 0 Å². The van der Waals surface area contributed by atoms with Crippen molar-refractivity contribution in [2.24, 2.45) is 0 Å². The van der Waals surface area contributed by atoms with Gasteiger partial charge in [0.05, 0.1) is 0 Å². The topological polar surface area (TPSA) is 94.6 Å². The predicted molar refractivity (Wildman–Crippen MR) is 130 cm³/mol. The number of aryl methyl sites for hydroxylation is 1. The summed E-state index contributed by atoms with van der Waals surface area (Å²) in [6.45, 7) is 6.06. The van der Waals surface area contributed by atoms with Crippen molar-refractivity contribution in [2.75, 3.05) is 41.7 Å². The van der Waals surface area contributed by atoms with Gasteiger partial charge in [-0.25, -0.2) is 9.78 Å². The predicted octanol–water partition coefficient (Wildman–Crippen LogP) is 4.26. The number of anilines is 3. The minimum absolute atomic E-state index is 0.0433. The standard InChI is InChI=1S/C24H25N5O3S/c1-16-3-7-19(8-4-16)25-23(32)27-24-26-21(15-33-24)22(31)29-13-11-28(12-14-29)20-9-5-18(6-10-20)17(2)30/h3-10,15H,11-14H2,1-2H3,(H2,25,26,27,32). The van der Waals surface area contributed by atoms with Crippen molar-refractivity contribution in [1.82, 2.24) is 9.88 Å². The Morgan fingerprint density at radius 1 is 0.909 bits per heavy atom. The fourth-order valence-electron chi connectivity index (χ4n) is 3.56. The quantitative estimate of drug-likeness (QED) is 0.552. The Morgan fingerprint density at radius 2 is 1.58 bits per heavy atom. The Bertz CT molecular complexity index is 1150. The van der Waals surface area contributed by atoms with Gasteiger partial charge in [0.25, 0.3) is 5.91 Å². The molecular weight excluding hydrogens is 438 g/mol. The van der Waals surface area contributed by atoms with E-state index in [1.165, 1.54) is 11.3 Å². The molecule has 1 aromatic heterocycles. The molecule has 2 heterocycles. The van der Waals surface area contributed by atoms with Crippen LogP contribution < -0.4 is 15.5 Å². The molecule has 0 saturated carbocycles. The molecule has 9 heteroatoms. The molecule has 1 saturated heterocycles. The van der Waals surface area contributed by atoms with E-state index < -0.39 is 6.03 Å². The highest BCUT2D eigenvalue weighted by molar-refractivity contribution is 7.14. The van der Waals surface area contributed by atoms with Crippen LogP contribution in [0, 0.1) is 6.92 Å². The molecule has 0 spiro atoms. The van der Waals surface area contributed by atoms with Gasteiger partial charge < -0.3 is 15.1 Å². The Hall–Kier alpha value is -3.72. The molecule has 2 aromatic carbocycles. The number of nitrogens with one attached hydrogen (secondary N) is 2. The molecule has 2 N–H and O–H groups in total. The fourth-order valence-corrected chi connectivity index (χ4v) is 4.24. The molecule has 0 bridgehead atoms. The number of piperazine rings is 1. The molecule has 1 aliphatic rings. The maximum absolute atomic E-state index is 12.9. The molecular formula is C24H25N5O3S. The molecule has 170 valence electrons. The van der Waals surface area contributed by atoms with E-state index in [1.807, 2.05) is 55.5 Å². The van der Waals surface area contributed by atoms with E-state index in [-0.39, 0.29) is 11.7 Å². The van der Waals surface area contributed by atoms with Crippen molar-refractivity contribution >= 4 is 45.6 Å². The summed E-state index contributed by atoms with van der Waals surface area (Å²) in [6, 6.07) is 14.6. The second kappa shape index (κ2) is 9.83. The van der Waals surface area contributed by atoms with Crippen LogP contribution in [0.2, 0.25) is 0 Å². The average Bonchev–Trinajstić information content (AvgIpc) is 3.28. The average molecular weight is 464 g/mol. The van der Waals surface area contributed by atoms with Crippen LogP contribution in [0.15, 0.2) is 53.9 Å². The van der Waals surface area contributed by atoms with Crippen LogP contribution in [-0.2, 0) is 0 Å². The van der Waals surface area contributed by atoms with Gasteiger partial charge in [0.15, 0.2) is 10.9 Å². The van der Waals surface area contributed by atoms with E-state index in [9.17, 15) is 14.4 Å². The van der Waals surface area contributed by atoms with Gasteiger partial charge in [-0.3, -0.25) is 14.9 Å². The van der Waals surface area contributed by atoms with Crippen molar-refractivity contribution in [3.05, 3.63) is 70.7 Å². The smallest absolute Gasteiger partial charge is 0.325 e. The maximum atomic E-state index is 12.9. The summed E-state index contributed by atoms with van der Waals surface area (Å²) in [7, 11) is 0. The first-order valence-corrected chi connectivity index (χ1v) is 11.5. The molecule has 0 unspecified atom stereocenters. The molecule has 1 aliphatic heterocycles. The second-order valence-electron chi connectivity index (χ2n) is 7.87. The second-order valence-corrected chi connectivity index (χ2v) is 8.72. The number of benzene rings is 2. The van der Waals surface area contributed by atoms with Crippen LogP contribution in [0.3, 0.4) is 0 Å². The number of carbonyl (C=O) groups excluding carboxylic acids is 3. The van der Waals surface area contributed by atoms with Crippen molar-refractivity contribution < 1.29 is 14.4 Å². The van der Waals surface area contributed by atoms with E-state index in [4.69, 9.17) is 0 Å². The number of aromatic nitrogens is 1. The SMILES string of the molecule is CC(=O)c1ccc(N2CCN(C(=O)c3csc(NC(=O)Nc4ccc(C)cc4)n3)CC2)cc1. The van der Waals surface area contributed by atoms with Crippen molar-refractivity contribution in [3.63, 3.8) is 0 Å². The molecule has 0 radical (unpaired) electrons. The Balaban J connectivity index is 1.30. The molecule has 4 rings (SSSR count). The highest BCUT2D eigenvalue weighted by Crippen LogP contribution is 2.21. The summed E-state index contributed by atoms with van der Waals surface area (Å²) in [5, 5.41) is 7.46. The number of Topliss-reactive ketones (excluding diaryl/α,β-unsaturated/α-hetero) is 1. The first-order chi connectivity index (χ1) is 15.9. The third kappa shape index (κ3) is 5.56. The van der Waals surface area contributed by atoms with E-state index in [2.05, 4.69) is 20.5 Å². The first kappa shape index (κ1) is 22.5. The van der Waals surface area contributed by atoms with Crippen LogP contribution in [0.4, 0.5) is 21.3 Å². The number of amides is 3. The summed E-state index contributed by atoms with van der Waals surface area (Å²) >= 11 is 1.22.